The number of rotatable bonds is 6. The van der Waals surface area contributed by atoms with Gasteiger partial charge in [0, 0.05) is 45.7 Å². The van der Waals surface area contributed by atoms with E-state index in [1.807, 2.05) is 41.3 Å². The van der Waals surface area contributed by atoms with Gasteiger partial charge in [-0.15, -0.1) is 0 Å². The summed E-state index contributed by atoms with van der Waals surface area (Å²) < 4.78 is 2.03. The first kappa shape index (κ1) is 28.1. The molecule has 4 nitrogen and oxygen atoms in total. The molecule has 5 rings (SSSR count). The van der Waals surface area contributed by atoms with Gasteiger partial charge in [-0.1, -0.05) is 68.6 Å². The van der Waals surface area contributed by atoms with E-state index in [4.69, 9.17) is 0 Å². The zero-order valence-electron chi connectivity index (χ0n) is 22.6. The molecule has 1 aliphatic heterocycles. The molecule has 1 amide bonds. The van der Waals surface area contributed by atoms with Crippen molar-refractivity contribution in [1.82, 2.24) is 4.90 Å². The van der Waals surface area contributed by atoms with E-state index in [9.17, 15) is 14.9 Å². The molecule has 2 aliphatic carbocycles. The Kier molecular flexibility index (Phi) is 8.31. The molecule has 0 radical (unpaired) electrons. The topological polar surface area (TPSA) is 61.2 Å². The zero-order chi connectivity index (χ0) is 27.7. The van der Waals surface area contributed by atoms with Crippen LogP contribution in [-0.2, 0) is 22.6 Å². The van der Waals surface area contributed by atoms with Gasteiger partial charge >= 0.3 is 0 Å². The molecule has 2 aromatic carbocycles. The molecule has 39 heavy (non-hydrogen) atoms. The zero-order valence-corrected chi connectivity index (χ0v) is 25.7. The summed E-state index contributed by atoms with van der Waals surface area (Å²) in [6.45, 7) is 4.88. The van der Waals surface area contributed by atoms with Gasteiger partial charge in [0.15, 0.2) is 5.78 Å². The molecule has 0 bridgehead atoms. The number of carbonyl (C=O) groups excluding carboxylic acids is 2. The number of nitriles is 1. The lowest BCUT2D eigenvalue weighted by molar-refractivity contribution is -0.131. The normalized spacial score (nSPS) is 26.9. The first-order valence-corrected chi connectivity index (χ1v) is 15.4. The summed E-state index contributed by atoms with van der Waals surface area (Å²) in [4.78, 5) is 29.7. The average Bonchev–Trinajstić information content (AvgIpc) is 3.04. The standard InChI is InChI=1S/C33H34Br2N2O2/c1-21-27(4-3-17-36)28-14-9-24-20-37(19-23-7-12-26(35)13-8-23)30(38)15-16-33(24,2)31(28)32(39)29(21)18-22-5-10-25(34)11-6-22/h5-8,10-13,20,27-28,31H,3-4,9,14-16,18-19H2,1-2H3. The van der Waals surface area contributed by atoms with E-state index in [1.165, 1.54) is 5.57 Å². The van der Waals surface area contributed by atoms with Gasteiger partial charge in [0.1, 0.15) is 0 Å². The highest BCUT2D eigenvalue weighted by atomic mass is 79.9. The molecule has 1 fully saturated rings. The third kappa shape index (κ3) is 5.58. The van der Waals surface area contributed by atoms with E-state index in [-0.39, 0.29) is 34.9 Å². The largest absolute Gasteiger partial charge is 0.315 e. The Hall–Kier alpha value is -2.49. The van der Waals surface area contributed by atoms with Crippen LogP contribution in [-0.4, -0.2) is 16.6 Å². The van der Waals surface area contributed by atoms with Gasteiger partial charge in [-0.05, 0) is 91.0 Å². The second-order valence-electron chi connectivity index (χ2n) is 11.5. The fraction of sp³-hybridized carbons (Fsp3) is 0.424. The lowest BCUT2D eigenvalue weighted by Gasteiger charge is -2.52. The molecule has 4 unspecified atom stereocenters. The number of halogens is 2. The number of ketones is 1. The highest BCUT2D eigenvalue weighted by Gasteiger charge is 2.54. The summed E-state index contributed by atoms with van der Waals surface area (Å²) in [5, 5.41) is 9.44. The number of nitrogens with zero attached hydrogens (tertiary/aromatic N) is 2. The third-order valence-corrected chi connectivity index (χ3v) is 10.4. The molecule has 3 aliphatic rings. The molecular weight excluding hydrogens is 616 g/mol. The van der Waals surface area contributed by atoms with Crippen molar-refractivity contribution in [2.75, 3.05) is 0 Å². The summed E-state index contributed by atoms with van der Waals surface area (Å²) in [5.41, 5.74) is 5.12. The van der Waals surface area contributed by atoms with E-state index >= 15 is 0 Å². The van der Waals surface area contributed by atoms with Crippen LogP contribution in [0, 0.1) is 34.5 Å². The number of hydrogen-bond acceptors (Lipinski definition) is 3. The Morgan fingerprint density at radius 2 is 1.64 bits per heavy atom. The van der Waals surface area contributed by atoms with Crippen molar-refractivity contribution in [2.45, 2.75) is 65.3 Å². The Bertz CT molecular complexity index is 1370. The number of benzene rings is 2. The lowest BCUT2D eigenvalue weighted by Crippen LogP contribution is -2.49. The minimum atomic E-state index is -0.374. The lowest BCUT2D eigenvalue weighted by atomic mass is 9.50. The first-order chi connectivity index (χ1) is 18.7. The molecule has 0 N–H and O–H groups in total. The molecular formula is C33H34Br2N2O2. The second-order valence-corrected chi connectivity index (χ2v) is 13.4. The van der Waals surface area contributed by atoms with E-state index in [0.717, 1.165) is 50.5 Å². The monoisotopic (exact) mass is 648 g/mol. The van der Waals surface area contributed by atoms with Crippen LogP contribution in [0.1, 0.15) is 63.5 Å². The second kappa shape index (κ2) is 11.6. The van der Waals surface area contributed by atoms with Crippen molar-refractivity contribution in [1.29, 1.82) is 5.26 Å². The van der Waals surface area contributed by atoms with E-state index in [0.29, 0.717) is 32.2 Å². The van der Waals surface area contributed by atoms with Crippen LogP contribution in [0.2, 0.25) is 0 Å². The van der Waals surface area contributed by atoms with Crippen molar-refractivity contribution in [3.05, 3.63) is 91.5 Å². The van der Waals surface area contributed by atoms with Gasteiger partial charge in [-0.2, -0.15) is 5.26 Å². The summed E-state index contributed by atoms with van der Waals surface area (Å²) in [6.07, 6.45) is 6.85. The van der Waals surface area contributed by atoms with Crippen LogP contribution < -0.4 is 0 Å². The maximum Gasteiger partial charge on any atom is 0.226 e. The van der Waals surface area contributed by atoms with Gasteiger partial charge in [-0.25, -0.2) is 0 Å². The maximum atomic E-state index is 14.5. The predicted octanol–water partition coefficient (Wildman–Crippen LogP) is 8.31. The van der Waals surface area contributed by atoms with Crippen LogP contribution in [0.15, 0.2) is 80.4 Å². The molecule has 0 spiro atoms. The highest BCUT2D eigenvalue weighted by Crippen LogP contribution is 2.58. The van der Waals surface area contributed by atoms with Gasteiger partial charge < -0.3 is 4.90 Å². The average molecular weight is 650 g/mol. The number of allylic oxidation sites excluding steroid dienone is 3. The van der Waals surface area contributed by atoms with E-state index in [1.54, 1.807) is 0 Å². The van der Waals surface area contributed by atoms with Crippen LogP contribution >= 0.6 is 31.9 Å². The van der Waals surface area contributed by atoms with Gasteiger partial charge in [0.25, 0.3) is 0 Å². The number of Topliss-reactive ketones (excluding diaryl/α,β-unsaturated/α-hetero) is 1. The molecule has 202 valence electrons. The van der Waals surface area contributed by atoms with Gasteiger partial charge in [0.05, 0.1) is 12.6 Å². The number of carbonyl (C=O) groups is 2. The van der Waals surface area contributed by atoms with Crippen molar-refractivity contribution in [3.63, 3.8) is 0 Å². The van der Waals surface area contributed by atoms with Crippen molar-refractivity contribution < 1.29 is 9.59 Å². The molecule has 1 heterocycles. The van der Waals surface area contributed by atoms with Crippen molar-refractivity contribution in [3.8, 4) is 6.07 Å². The smallest absolute Gasteiger partial charge is 0.226 e. The van der Waals surface area contributed by atoms with Gasteiger partial charge in [0.2, 0.25) is 5.91 Å². The Morgan fingerprint density at radius 3 is 2.28 bits per heavy atom. The number of fused-ring (bicyclic) bond motifs is 3. The Balaban J connectivity index is 1.51. The predicted molar refractivity (Wildman–Crippen MR) is 160 cm³/mol. The Labute approximate surface area is 248 Å². The van der Waals surface area contributed by atoms with Crippen LogP contribution in [0.5, 0.6) is 0 Å². The summed E-state index contributed by atoms with van der Waals surface area (Å²) >= 11 is 7.01. The quantitative estimate of drug-likeness (QED) is 0.316. The first-order valence-electron chi connectivity index (χ1n) is 13.8. The van der Waals surface area contributed by atoms with Crippen LogP contribution in [0.3, 0.4) is 0 Å². The summed E-state index contributed by atoms with van der Waals surface area (Å²) in [5.74, 6) is 0.610. The van der Waals surface area contributed by atoms with Crippen LogP contribution in [0.4, 0.5) is 0 Å². The molecule has 6 heteroatoms. The minimum Gasteiger partial charge on any atom is -0.315 e. The molecule has 4 atom stereocenters. The minimum absolute atomic E-state index is 0.115. The fourth-order valence-electron chi connectivity index (χ4n) is 7.19. The maximum absolute atomic E-state index is 14.5. The Morgan fingerprint density at radius 1 is 1.00 bits per heavy atom. The molecule has 0 aromatic heterocycles. The number of hydrogen-bond donors (Lipinski definition) is 0. The molecule has 2 aromatic rings. The van der Waals surface area contributed by atoms with Crippen molar-refractivity contribution in [2.24, 2.45) is 23.2 Å². The number of amides is 1. The summed E-state index contributed by atoms with van der Waals surface area (Å²) in [6, 6.07) is 18.6. The van der Waals surface area contributed by atoms with E-state index in [2.05, 4.69) is 70.1 Å². The highest BCUT2D eigenvalue weighted by molar-refractivity contribution is 9.10. The third-order valence-electron chi connectivity index (χ3n) is 9.34. The van der Waals surface area contributed by atoms with Crippen LogP contribution in [0.25, 0.3) is 0 Å². The van der Waals surface area contributed by atoms with E-state index < -0.39 is 0 Å². The van der Waals surface area contributed by atoms with Gasteiger partial charge in [-0.3, -0.25) is 9.59 Å². The molecule has 0 saturated heterocycles. The van der Waals surface area contributed by atoms with Crippen molar-refractivity contribution >= 4 is 43.6 Å². The molecule has 1 saturated carbocycles. The fourth-order valence-corrected chi connectivity index (χ4v) is 7.72. The summed E-state index contributed by atoms with van der Waals surface area (Å²) in [7, 11) is 0. The SMILES string of the molecule is CC1=C(Cc2ccc(Br)cc2)C(=O)C2C(CCC3=CN(Cc4ccc(Br)cc4)C(=O)CCC32C)C1CCC#N.